The third-order valence-electron chi connectivity index (χ3n) is 9.88. The Morgan fingerprint density at radius 1 is 0.660 bits per heavy atom. The highest BCUT2D eigenvalue weighted by Gasteiger charge is 2.42. The number of nitrogens with one attached hydrogen (secondary N) is 1. The molecule has 3 unspecified atom stereocenters. The molecule has 0 radical (unpaired) electrons. The average Bonchev–Trinajstić information content (AvgIpc) is 3.75. The van der Waals surface area contributed by atoms with Gasteiger partial charge < -0.3 is 14.6 Å². The molecule has 6 heteroatoms. The topological polar surface area (TPSA) is 63.8 Å². The molecule has 1 N–H and O–H groups in total. The highest BCUT2D eigenvalue weighted by Crippen LogP contribution is 2.54. The molecule has 238 valence electrons. The molecule has 6 nitrogen and oxygen atoms in total. The van der Waals surface area contributed by atoms with E-state index in [9.17, 15) is 0 Å². The van der Waals surface area contributed by atoms with Crippen molar-refractivity contribution in [3.05, 3.63) is 192 Å². The van der Waals surface area contributed by atoms with Crippen molar-refractivity contribution >= 4 is 28.7 Å². The molecule has 2 aliphatic heterocycles. The molecule has 0 saturated carbocycles. The highest BCUT2D eigenvalue weighted by atomic mass is 16.5. The predicted molar refractivity (Wildman–Crippen MR) is 200 cm³/mol. The number of hydrogen-bond acceptors (Lipinski definition) is 5. The van der Waals surface area contributed by atoms with Crippen LogP contribution in [0.1, 0.15) is 51.8 Å². The lowest BCUT2D eigenvalue weighted by Crippen LogP contribution is -2.36. The summed E-state index contributed by atoms with van der Waals surface area (Å²) >= 11 is 0. The average molecular weight is 646 g/mol. The Balaban J connectivity index is 1.08. The highest BCUT2D eigenvalue weighted by molar-refractivity contribution is 6.16. The minimum absolute atomic E-state index is 0.0685. The first kappa shape index (κ1) is 28.5. The van der Waals surface area contributed by atoms with Gasteiger partial charge >= 0.3 is 0 Å². The smallest absolute Gasteiger partial charge is 0.169 e. The van der Waals surface area contributed by atoms with Crippen LogP contribution in [-0.2, 0) is 0 Å². The first-order valence-electron chi connectivity index (χ1n) is 17.0. The van der Waals surface area contributed by atoms with Gasteiger partial charge in [0.05, 0.1) is 16.8 Å². The van der Waals surface area contributed by atoms with E-state index in [1.54, 1.807) is 6.20 Å². The monoisotopic (exact) mass is 645 g/mol. The maximum atomic E-state index is 7.10. The van der Waals surface area contributed by atoms with E-state index >= 15 is 0 Å². The molecule has 3 aliphatic rings. The Morgan fingerprint density at radius 3 is 2.28 bits per heavy atom. The summed E-state index contributed by atoms with van der Waals surface area (Å²) in [6, 6.07) is 50.3. The summed E-state index contributed by atoms with van der Waals surface area (Å²) in [6.07, 6.45) is 5.72. The van der Waals surface area contributed by atoms with E-state index in [4.69, 9.17) is 14.7 Å². The molecule has 0 saturated heterocycles. The largest absolute Gasteiger partial charge is 0.484 e. The van der Waals surface area contributed by atoms with Crippen LogP contribution in [0.3, 0.4) is 0 Å². The third kappa shape index (κ3) is 4.60. The lowest BCUT2D eigenvalue weighted by atomic mass is 9.85. The van der Waals surface area contributed by atoms with Crippen molar-refractivity contribution in [1.82, 2.24) is 14.9 Å². The van der Waals surface area contributed by atoms with Crippen LogP contribution in [0, 0.1) is 0 Å². The summed E-state index contributed by atoms with van der Waals surface area (Å²) in [7, 11) is 0. The predicted octanol–water partition coefficient (Wildman–Crippen LogP) is 9.43. The van der Waals surface area contributed by atoms with Gasteiger partial charge in [0.1, 0.15) is 23.4 Å². The normalized spacial score (nSPS) is 18.7. The summed E-state index contributed by atoms with van der Waals surface area (Å²) in [5.41, 5.74) is 10.8. The van der Waals surface area contributed by atoms with Gasteiger partial charge in [-0.1, -0.05) is 109 Å². The molecule has 5 aromatic carbocycles. The Bertz CT molecular complexity index is 2500. The van der Waals surface area contributed by atoms with Gasteiger partial charge in [0, 0.05) is 34.3 Å². The van der Waals surface area contributed by atoms with Crippen LogP contribution in [0.15, 0.2) is 168 Å². The molecule has 4 heterocycles. The SMILES string of the molecule is C1=CC2c3cccc(C4=NC(c5cccc(-c6ccccc6)c5)N=C(c5ccccn5)N4)c3OC2c2c1n(-c1ccccc1)c1ccccc21. The number of fused-ring (bicyclic) bond motifs is 7. The molecular weight excluding hydrogens is 615 g/mol. The first-order chi connectivity index (χ1) is 24.8. The minimum Gasteiger partial charge on any atom is -0.484 e. The number of hydrogen-bond donors (Lipinski definition) is 1. The lowest BCUT2D eigenvalue weighted by molar-refractivity contribution is 0.224. The van der Waals surface area contributed by atoms with Crippen LogP contribution in [-0.4, -0.2) is 21.2 Å². The van der Waals surface area contributed by atoms with Gasteiger partial charge in [0.15, 0.2) is 12.0 Å². The molecule has 3 atom stereocenters. The quantitative estimate of drug-likeness (QED) is 0.203. The molecule has 0 fully saturated rings. The summed E-state index contributed by atoms with van der Waals surface area (Å²) in [6.45, 7) is 0. The van der Waals surface area contributed by atoms with Crippen molar-refractivity contribution in [3.63, 3.8) is 0 Å². The molecule has 50 heavy (non-hydrogen) atoms. The number of nitrogens with zero attached hydrogens (tertiary/aromatic N) is 4. The number of ether oxygens (including phenoxy) is 1. The number of aromatic nitrogens is 2. The van der Waals surface area contributed by atoms with Gasteiger partial charge in [-0.15, -0.1) is 0 Å². The molecule has 7 aromatic rings. The van der Waals surface area contributed by atoms with Gasteiger partial charge in [-0.3, -0.25) is 4.98 Å². The zero-order valence-corrected chi connectivity index (χ0v) is 27.0. The maximum Gasteiger partial charge on any atom is 0.169 e. The van der Waals surface area contributed by atoms with Crippen molar-refractivity contribution in [1.29, 1.82) is 0 Å². The molecular formula is C44H31N5O. The van der Waals surface area contributed by atoms with Crippen LogP contribution in [0.2, 0.25) is 0 Å². The van der Waals surface area contributed by atoms with E-state index < -0.39 is 6.17 Å². The second-order valence-electron chi connectivity index (χ2n) is 12.8. The van der Waals surface area contributed by atoms with E-state index in [-0.39, 0.29) is 12.0 Å². The number of rotatable bonds is 5. The van der Waals surface area contributed by atoms with Crippen LogP contribution in [0.4, 0.5) is 0 Å². The fraction of sp³-hybridized carbons (Fsp3) is 0.0682. The Morgan fingerprint density at radius 2 is 1.42 bits per heavy atom. The third-order valence-corrected chi connectivity index (χ3v) is 9.88. The van der Waals surface area contributed by atoms with Gasteiger partial charge in [0.25, 0.3) is 0 Å². The molecule has 1 aliphatic carbocycles. The Hall–Kier alpha value is -6.53. The van der Waals surface area contributed by atoms with E-state index in [1.165, 1.54) is 16.5 Å². The summed E-state index contributed by atoms with van der Waals surface area (Å²) in [5.74, 6) is 2.30. The Kier molecular flexibility index (Phi) is 6.59. The fourth-order valence-corrected chi connectivity index (χ4v) is 7.62. The maximum absolute atomic E-state index is 7.10. The number of pyridine rings is 1. The lowest BCUT2D eigenvalue weighted by Gasteiger charge is -2.23. The van der Waals surface area contributed by atoms with Crippen molar-refractivity contribution < 1.29 is 4.74 Å². The molecule has 0 amide bonds. The van der Waals surface area contributed by atoms with E-state index in [1.807, 2.05) is 24.3 Å². The molecule has 2 aromatic heterocycles. The number of aliphatic imine (C=N–C) groups is 2. The molecule has 0 bridgehead atoms. The summed E-state index contributed by atoms with van der Waals surface area (Å²) in [5, 5.41) is 4.76. The van der Waals surface area contributed by atoms with Crippen molar-refractivity contribution in [3.8, 4) is 22.6 Å². The van der Waals surface area contributed by atoms with Gasteiger partial charge in [0.2, 0.25) is 0 Å². The van der Waals surface area contributed by atoms with Gasteiger partial charge in [-0.05, 0) is 65.2 Å². The van der Waals surface area contributed by atoms with Crippen LogP contribution >= 0.6 is 0 Å². The van der Waals surface area contributed by atoms with E-state index in [2.05, 4.69) is 148 Å². The van der Waals surface area contributed by atoms with E-state index in [0.29, 0.717) is 11.7 Å². The summed E-state index contributed by atoms with van der Waals surface area (Å²) < 4.78 is 9.45. The van der Waals surface area contributed by atoms with Crippen molar-refractivity contribution in [2.45, 2.75) is 18.2 Å². The zero-order valence-electron chi connectivity index (χ0n) is 27.0. The second-order valence-corrected chi connectivity index (χ2v) is 12.8. The zero-order chi connectivity index (χ0) is 33.0. The number of para-hydroxylation sites is 3. The Labute approximate surface area is 289 Å². The minimum atomic E-state index is -0.471. The fourth-order valence-electron chi connectivity index (χ4n) is 7.62. The van der Waals surface area contributed by atoms with Crippen LogP contribution in [0.5, 0.6) is 5.75 Å². The first-order valence-corrected chi connectivity index (χ1v) is 17.0. The van der Waals surface area contributed by atoms with Gasteiger partial charge in [-0.2, -0.15) is 0 Å². The number of benzene rings is 5. The van der Waals surface area contributed by atoms with Crippen molar-refractivity contribution in [2.24, 2.45) is 9.98 Å². The standard InChI is InChI=1S/C44H31N5O/c1-3-13-28(14-4-1)29-15-11-16-30(27-29)42-46-43(48-44(47-42)36-22-9-10-26-45-36)35-21-12-20-32-33-24-25-38-39(41(33)50-40(32)35)34-19-7-8-23-37(34)49(38)31-17-5-2-6-18-31/h1-27,33,41-42H,(H,46,47,48). The van der Waals surface area contributed by atoms with Gasteiger partial charge in [-0.25, -0.2) is 9.98 Å². The van der Waals surface area contributed by atoms with Crippen LogP contribution in [0.25, 0.3) is 33.8 Å². The van der Waals surface area contributed by atoms with Crippen molar-refractivity contribution in [2.75, 3.05) is 0 Å². The molecule has 0 spiro atoms. The molecule has 10 rings (SSSR count). The number of amidine groups is 2. The van der Waals surface area contributed by atoms with Crippen LogP contribution < -0.4 is 10.1 Å². The van der Waals surface area contributed by atoms with E-state index in [0.717, 1.165) is 50.6 Å². The summed E-state index contributed by atoms with van der Waals surface area (Å²) in [4.78, 5) is 15.0. The second kappa shape index (κ2) is 11.6.